The number of imidazole rings is 1. The van der Waals surface area contributed by atoms with Crippen molar-refractivity contribution in [3.63, 3.8) is 0 Å². The monoisotopic (exact) mass is 449 g/mol. The summed E-state index contributed by atoms with van der Waals surface area (Å²) in [5.41, 5.74) is 2.84. The van der Waals surface area contributed by atoms with Crippen LogP contribution in [-0.2, 0) is 0 Å². The minimum absolute atomic E-state index is 0.147. The first kappa shape index (κ1) is 21.7. The Morgan fingerprint density at radius 1 is 1.03 bits per heavy atom. The third-order valence-electron chi connectivity index (χ3n) is 5.04. The molecule has 4 nitrogen and oxygen atoms in total. The van der Waals surface area contributed by atoms with Crippen LogP contribution < -0.4 is 0 Å². The second kappa shape index (κ2) is 9.21. The fourth-order valence-corrected chi connectivity index (χ4v) is 3.97. The Morgan fingerprint density at radius 3 is 2.24 bits per heavy atom. The first-order valence-electron chi connectivity index (χ1n) is 9.44. The number of carbonyl (C=O) groups is 1. The number of H-pyrrole nitrogens is 1. The number of aromatic amines is 1. The van der Waals surface area contributed by atoms with Crippen LogP contribution in [0.25, 0.3) is 22.5 Å². The zero-order valence-corrected chi connectivity index (χ0v) is 18.7. The van der Waals surface area contributed by atoms with Crippen LogP contribution in [-0.4, -0.2) is 33.9 Å². The van der Waals surface area contributed by atoms with Crippen LogP contribution in [0.3, 0.4) is 0 Å². The lowest BCUT2D eigenvalue weighted by molar-refractivity contribution is 0.0712. The van der Waals surface area contributed by atoms with Crippen LogP contribution in [0.4, 0.5) is 0 Å². The smallest absolute Gasteiger partial charge is 0.289 e. The fourth-order valence-electron chi connectivity index (χ4n) is 3.35. The molecule has 2 aromatic carbocycles. The highest BCUT2D eigenvalue weighted by Gasteiger charge is 2.24. The van der Waals surface area contributed by atoms with Crippen molar-refractivity contribution in [2.24, 2.45) is 0 Å². The minimum atomic E-state index is -0.162. The summed E-state index contributed by atoms with van der Waals surface area (Å²) in [7, 11) is 1.80. The zero-order chi connectivity index (χ0) is 21.1. The molecule has 3 rings (SSSR count). The van der Waals surface area contributed by atoms with Crippen LogP contribution >= 0.6 is 34.8 Å². The average molecular weight is 451 g/mol. The number of halogens is 3. The number of aromatic nitrogens is 2. The molecular formula is C22H22Cl3N3O. The van der Waals surface area contributed by atoms with Gasteiger partial charge in [0.25, 0.3) is 5.91 Å². The summed E-state index contributed by atoms with van der Waals surface area (Å²) in [6.07, 6.45) is 1.75. The van der Waals surface area contributed by atoms with Crippen LogP contribution in [0.1, 0.15) is 37.3 Å². The van der Waals surface area contributed by atoms with Gasteiger partial charge in [-0.2, -0.15) is 0 Å². The highest BCUT2D eigenvalue weighted by Crippen LogP contribution is 2.36. The van der Waals surface area contributed by atoms with Gasteiger partial charge < -0.3 is 9.88 Å². The molecule has 0 saturated heterocycles. The highest BCUT2D eigenvalue weighted by atomic mass is 35.5. The molecule has 0 fully saturated rings. The average Bonchev–Trinajstić information content (AvgIpc) is 3.13. The maximum absolute atomic E-state index is 13.1. The van der Waals surface area contributed by atoms with Gasteiger partial charge in [0, 0.05) is 34.3 Å². The minimum Gasteiger partial charge on any atom is -0.336 e. The summed E-state index contributed by atoms with van der Waals surface area (Å²) in [6, 6.07) is 12.7. The zero-order valence-electron chi connectivity index (χ0n) is 16.5. The maximum Gasteiger partial charge on any atom is 0.289 e. The van der Waals surface area contributed by atoms with E-state index >= 15 is 0 Å². The van der Waals surface area contributed by atoms with Crippen molar-refractivity contribution in [2.45, 2.75) is 32.7 Å². The molecule has 0 saturated carbocycles. The largest absolute Gasteiger partial charge is 0.336 e. The van der Waals surface area contributed by atoms with E-state index in [0.717, 1.165) is 18.4 Å². The lowest BCUT2D eigenvalue weighted by Gasteiger charge is -2.25. The standard InChI is InChI=1S/C22H22Cl3N3O/c1-4-16(5-2)28(3)22(29)21-26-19(13-6-8-14(23)9-7-13)20(27-21)17-11-10-15(24)12-18(17)25/h6-12,16H,4-5H2,1-3H3,(H,26,27). The Kier molecular flexibility index (Phi) is 6.89. The third kappa shape index (κ3) is 4.61. The number of nitrogens with zero attached hydrogens (tertiary/aromatic N) is 2. The molecule has 1 N–H and O–H groups in total. The molecule has 3 aromatic rings. The van der Waals surface area contributed by atoms with Crippen molar-refractivity contribution in [2.75, 3.05) is 7.05 Å². The molecule has 1 aromatic heterocycles. The number of carbonyl (C=O) groups excluding carboxylic acids is 1. The molecule has 0 bridgehead atoms. The van der Waals surface area contributed by atoms with Gasteiger partial charge >= 0.3 is 0 Å². The Balaban J connectivity index is 2.13. The Labute approximate surface area is 185 Å². The molecule has 0 aliphatic rings. The van der Waals surface area contributed by atoms with Gasteiger partial charge in [0.1, 0.15) is 0 Å². The normalized spacial score (nSPS) is 11.1. The molecule has 29 heavy (non-hydrogen) atoms. The SMILES string of the molecule is CCC(CC)N(C)C(=O)c1nc(-c2ccc(Cl)cc2Cl)c(-c2ccc(Cl)cc2)[nH]1. The highest BCUT2D eigenvalue weighted by molar-refractivity contribution is 6.36. The van der Waals surface area contributed by atoms with E-state index in [1.165, 1.54) is 0 Å². The molecule has 1 amide bonds. The Hall–Kier alpha value is -2.01. The number of hydrogen-bond donors (Lipinski definition) is 1. The van der Waals surface area contributed by atoms with Gasteiger partial charge in [-0.1, -0.05) is 60.8 Å². The van der Waals surface area contributed by atoms with E-state index in [0.29, 0.717) is 32.0 Å². The molecule has 0 unspecified atom stereocenters. The number of benzene rings is 2. The topological polar surface area (TPSA) is 49.0 Å². The van der Waals surface area contributed by atoms with E-state index < -0.39 is 0 Å². The molecule has 0 atom stereocenters. The second-order valence-corrected chi connectivity index (χ2v) is 8.11. The van der Waals surface area contributed by atoms with Gasteiger partial charge in [-0.15, -0.1) is 0 Å². The lowest BCUT2D eigenvalue weighted by atomic mass is 10.1. The van der Waals surface area contributed by atoms with Crippen molar-refractivity contribution >= 4 is 40.7 Å². The van der Waals surface area contributed by atoms with E-state index in [1.54, 1.807) is 42.3 Å². The predicted octanol–water partition coefficient (Wildman–Crippen LogP) is 6.96. The van der Waals surface area contributed by atoms with Gasteiger partial charge in [-0.05, 0) is 43.2 Å². The Morgan fingerprint density at radius 2 is 1.66 bits per heavy atom. The number of amides is 1. The summed E-state index contributed by atoms with van der Waals surface area (Å²) < 4.78 is 0. The lowest BCUT2D eigenvalue weighted by Crippen LogP contribution is -2.36. The summed E-state index contributed by atoms with van der Waals surface area (Å²) in [5, 5.41) is 1.63. The molecule has 0 radical (unpaired) electrons. The summed E-state index contributed by atoms with van der Waals surface area (Å²) in [6.45, 7) is 4.14. The van der Waals surface area contributed by atoms with Crippen molar-refractivity contribution in [3.05, 3.63) is 63.4 Å². The van der Waals surface area contributed by atoms with E-state index in [2.05, 4.69) is 23.8 Å². The molecule has 0 aliphatic heterocycles. The number of nitrogens with one attached hydrogen (secondary N) is 1. The van der Waals surface area contributed by atoms with Gasteiger partial charge in [-0.3, -0.25) is 4.79 Å². The molecule has 152 valence electrons. The van der Waals surface area contributed by atoms with Crippen molar-refractivity contribution in [1.82, 2.24) is 14.9 Å². The van der Waals surface area contributed by atoms with Crippen LogP contribution in [0.5, 0.6) is 0 Å². The van der Waals surface area contributed by atoms with E-state index in [1.807, 2.05) is 12.1 Å². The molecule has 7 heteroatoms. The quantitative estimate of drug-likeness (QED) is 0.441. The molecular weight excluding hydrogens is 429 g/mol. The van der Waals surface area contributed by atoms with Gasteiger partial charge in [-0.25, -0.2) is 4.98 Å². The molecule has 0 aliphatic carbocycles. The fraction of sp³-hybridized carbons (Fsp3) is 0.273. The summed E-state index contributed by atoms with van der Waals surface area (Å²) in [5.74, 6) is 0.107. The van der Waals surface area contributed by atoms with Crippen molar-refractivity contribution < 1.29 is 4.79 Å². The molecule has 1 heterocycles. The van der Waals surface area contributed by atoms with Crippen molar-refractivity contribution in [1.29, 1.82) is 0 Å². The van der Waals surface area contributed by atoms with E-state index in [-0.39, 0.29) is 17.8 Å². The van der Waals surface area contributed by atoms with Gasteiger partial charge in [0.2, 0.25) is 0 Å². The van der Waals surface area contributed by atoms with Crippen LogP contribution in [0.15, 0.2) is 42.5 Å². The molecule has 0 spiro atoms. The first-order chi connectivity index (χ1) is 13.8. The van der Waals surface area contributed by atoms with Gasteiger partial charge in [0.15, 0.2) is 5.82 Å². The number of hydrogen-bond acceptors (Lipinski definition) is 2. The summed E-state index contributed by atoms with van der Waals surface area (Å²) in [4.78, 5) is 22.7. The van der Waals surface area contributed by atoms with E-state index in [9.17, 15) is 4.79 Å². The summed E-state index contributed by atoms with van der Waals surface area (Å²) >= 11 is 18.5. The van der Waals surface area contributed by atoms with E-state index in [4.69, 9.17) is 34.8 Å². The van der Waals surface area contributed by atoms with Crippen LogP contribution in [0.2, 0.25) is 15.1 Å². The predicted molar refractivity (Wildman–Crippen MR) is 121 cm³/mol. The first-order valence-corrected chi connectivity index (χ1v) is 10.6. The maximum atomic E-state index is 13.1. The van der Waals surface area contributed by atoms with Crippen LogP contribution in [0, 0.1) is 0 Å². The Bertz CT molecular complexity index is 1010. The van der Waals surface area contributed by atoms with Crippen molar-refractivity contribution in [3.8, 4) is 22.5 Å². The number of rotatable bonds is 6. The van der Waals surface area contributed by atoms with Gasteiger partial charge in [0.05, 0.1) is 16.4 Å². The second-order valence-electron chi connectivity index (χ2n) is 6.83. The third-order valence-corrected chi connectivity index (χ3v) is 5.84.